The number of carbonyl (C=O) groups excluding carboxylic acids is 3. The van der Waals surface area contributed by atoms with E-state index in [0.29, 0.717) is 0 Å². The summed E-state index contributed by atoms with van der Waals surface area (Å²) in [5, 5.41) is 2.65. The standard InChI is InChI=1S/C23H19Br2ClN2O3/c24-19-14-10-15(20(19)25)18-17(14)22(30)28(23(18)31)27(11-12-6-2-1-3-7-12)21(29)13-8-4-5-9-16(13)26/h1-9,14-15,17-20H,10-11H2/t14-,15-,17-,18-,19-,20+/m1/s1. The highest BCUT2D eigenvalue weighted by atomic mass is 79.9. The molecule has 1 aliphatic heterocycles. The third kappa shape index (κ3) is 3.28. The second-order valence-electron chi connectivity index (χ2n) is 8.32. The summed E-state index contributed by atoms with van der Waals surface area (Å²) in [6.45, 7) is 0.104. The average Bonchev–Trinajstić information content (AvgIpc) is 3.38. The van der Waals surface area contributed by atoms with Gasteiger partial charge in [-0.15, -0.1) is 0 Å². The molecule has 0 unspecified atom stereocenters. The Morgan fingerprint density at radius 2 is 1.48 bits per heavy atom. The minimum absolute atomic E-state index is 0.0785. The van der Waals surface area contributed by atoms with Crippen LogP contribution in [0.5, 0.6) is 0 Å². The monoisotopic (exact) mass is 564 g/mol. The molecule has 0 N–H and O–H groups in total. The molecule has 2 aromatic rings. The third-order valence-electron chi connectivity index (χ3n) is 6.72. The molecule has 0 radical (unpaired) electrons. The molecule has 2 saturated carbocycles. The molecule has 0 aromatic heterocycles. The number of alkyl halides is 2. The van der Waals surface area contributed by atoms with Crippen molar-refractivity contribution in [3.8, 4) is 0 Å². The maximum absolute atomic E-state index is 13.6. The van der Waals surface area contributed by atoms with Crippen molar-refractivity contribution in [1.29, 1.82) is 0 Å². The van der Waals surface area contributed by atoms with Crippen LogP contribution in [0.3, 0.4) is 0 Å². The summed E-state index contributed by atoms with van der Waals surface area (Å²) in [5.41, 5.74) is 1.08. The van der Waals surface area contributed by atoms with E-state index in [1.807, 2.05) is 30.3 Å². The van der Waals surface area contributed by atoms with Crippen LogP contribution in [-0.2, 0) is 16.1 Å². The summed E-state index contributed by atoms with van der Waals surface area (Å²) in [7, 11) is 0. The van der Waals surface area contributed by atoms with Gasteiger partial charge in [0, 0.05) is 9.65 Å². The van der Waals surface area contributed by atoms with Gasteiger partial charge in [-0.1, -0.05) is 85.9 Å². The van der Waals surface area contributed by atoms with E-state index in [0.717, 1.165) is 17.0 Å². The molecular weight excluding hydrogens is 548 g/mol. The summed E-state index contributed by atoms with van der Waals surface area (Å²) < 4.78 is 0. The fraction of sp³-hybridized carbons (Fsp3) is 0.348. The molecule has 31 heavy (non-hydrogen) atoms. The van der Waals surface area contributed by atoms with Gasteiger partial charge in [-0.2, -0.15) is 5.01 Å². The van der Waals surface area contributed by atoms with Crippen LogP contribution < -0.4 is 0 Å². The first-order valence-electron chi connectivity index (χ1n) is 10.2. The van der Waals surface area contributed by atoms with Gasteiger partial charge in [-0.05, 0) is 36.0 Å². The predicted molar refractivity (Wildman–Crippen MR) is 124 cm³/mol. The Bertz CT molecular complexity index is 1030. The highest BCUT2D eigenvalue weighted by molar-refractivity contribution is 9.12. The molecule has 1 heterocycles. The van der Waals surface area contributed by atoms with Crippen LogP contribution in [0, 0.1) is 23.7 Å². The van der Waals surface area contributed by atoms with E-state index in [-0.39, 0.29) is 50.4 Å². The smallest absolute Gasteiger partial charge is 0.272 e. The highest BCUT2D eigenvalue weighted by Gasteiger charge is 2.67. The van der Waals surface area contributed by atoms with Crippen LogP contribution in [0.15, 0.2) is 54.6 Å². The lowest BCUT2D eigenvalue weighted by Gasteiger charge is -2.31. The lowest BCUT2D eigenvalue weighted by atomic mass is 9.81. The highest BCUT2D eigenvalue weighted by Crippen LogP contribution is 2.60. The Labute approximate surface area is 201 Å². The molecule has 5 rings (SSSR count). The molecule has 3 aliphatic rings. The largest absolute Gasteiger partial charge is 0.274 e. The average molecular weight is 567 g/mol. The van der Waals surface area contributed by atoms with Gasteiger partial charge in [-0.25, -0.2) is 5.01 Å². The molecule has 0 spiro atoms. The van der Waals surface area contributed by atoms with Crippen LogP contribution in [0.1, 0.15) is 22.3 Å². The molecule has 5 nitrogen and oxygen atoms in total. The lowest BCUT2D eigenvalue weighted by molar-refractivity contribution is -0.156. The number of imide groups is 1. The first kappa shape index (κ1) is 21.2. The van der Waals surface area contributed by atoms with Gasteiger partial charge in [0.2, 0.25) is 0 Å². The van der Waals surface area contributed by atoms with Crippen molar-refractivity contribution in [3.63, 3.8) is 0 Å². The van der Waals surface area contributed by atoms with Crippen molar-refractivity contribution in [2.24, 2.45) is 23.7 Å². The first-order valence-corrected chi connectivity index (χ1v) is 12.4. The van der Waals surface area contributed by atoms with E-state index in [1.165, 1.54) is 5.01 Å². The van der Waals surface area contributed by atoms with E-state index >= 15 is 0 Å². The lowest BCUT2D eigenvalue weighted by Crippen LogP contribution is -2.50. The van der Waals surface area contributed by atoms with E-state index in [1.54, 1.807) is 24.3 Å². The van der Waals surface area contributed by atoms with E-state index in [2.05, 4.69) is 31.9 Å². The van der Waals surface area contributed by atoms with Crippen molar-refractivity contribution >= 4 is 61.2 Å². The number of hydrazine groups is 1. The van der Waals surface area contributed by atoms with Gasteiger partial charge in [0.1, 0.15) is 0 Å². The number of hydrogen-bond donors (Lipinski definition) is 0. The number of rotatable bonds is 4. The SMILES string of the molecule is O=C(c1ccccc1Cl)N(Cc1ccccc1)N1C(=O)[C@@H]2[C@H]3C[C@@H]([C@@H](Br)[C@H]3Br)[C@H]2C1=O. The number of halogens is 3. The zero-order valence-corrected chi connectivity index (χ0v) is 20.3. The summed E-state index contributed by atoms with van der Waals surface area (Å²) >= 11 is 13.7. The zero-order valence-electron chi connectivity index (χ0n) is 16.3. The van der Waals surface area contributed by atoms with Crippen LogP contribution in [0.25, 0.3) is 0 Å². The van der Waals surface area contributed by atoms with Crippen LogP contribution >= 0.6 is 43.5 Å². The number of benzene rings is 2. The van der Waals surface area contributed by atoms with E-state index in [4.69, 9.17) is 11.6 Å². The van der Waals surface area contributed by atoms with Gasteiger partial charge in [-0.3, -0.25) is 14.4 Å². The van der Waals surface area contributed by atoms with E-state index < -0.39 is 17.7 Å². The summed E-state index contributed by atoms with van der Waals surface area (Å²) in [4.78, 5) is 40.9. The fourth-order valence-corrected chi connectivity index (χ4v) is 7.42. The molecule has 6 atom stereocenters. The summed E-state index contributed by atoms with van der Waals surface area (Å²) in [6.07, 6.45) is 0.837. The minimum atomic E-state index is -0.464. The number of fused-ring (bicyclic) bond motifs is 5. The molecule has 3 amide bonds. The Hall–Kier alpha value is -1.70. The van der Waals surface area contributed by atoms with Crippen molar-refractivity contribution < 1.29 is 14.4 Å². The van der Waals surface area contributed by atoms with Gasteiger partial charge in [0.25, 0.3) is 17.7 Å². The van der Waals surface area contributed by atoms with Crippen molar-refractivity contribution in [2.75, 3.05) is 0 Å². The predicted octanol–water partition coefficient (Wildman–Crippen LogP) is 4.68. The molecule has 1 saturated heterocycles. The van der Waals surface area contributed by atoms with Crippen molar-refractivity contribution in [2.45, 2.75) is 22.6 Å². The Kier molecular flexibility index (Phi) is 5.47. The molecule has 160 valence electrons. The Balaban J connectivity index is 1.54. The molecule has 2 aliphatic carbocycles. The number of carbonyl (C=O) groups is 3. The second-order valence-corrected chi connectivity index (χ2v) is 10.8. The van der Waals surface area contributed by atoms with E-state index in [9.17, 15) is 14.4 Å². The summed E-state index contributed by atoms with van der Waals surface area (Å²) in [5.74, 6) is -1.68. The van der Waals surface area contributed by atoms with Gasteiger partial charge < -0.3 is 0 Å². The maximum atomic E-state index is 13.6. The van der Waals surface area contributed by atoms with Crippen LogP contribution in [0.4, 0.5) is 0 Å². The van der Waals surface area contributed by atoms with Crippen molar-refractivity contribution in [1.82, 2.24) is 10.0 Å². The molecule has 3 fully saturated rings. The molecular formula is C23H19Br2ClN2O3. The topological polar surface area (TPSA) is 57.7 Å². The number of hydrogen-bond acceptors (Lipinski definition) is 3. The molecule has 8 heteroatoms. The quantitative estimate of drug-likeness (QED) is 0.399. The maximum Gasteiger partial charge on any atom is 0.274 e. The van der Waals surface area contributed by atoms with Crippen molar-refractivity contribution in [3.05, 3.63) is 70.7 Å². The normalized spacial score (nSPS) is 31.3. The fourth-order valence-electron chi connectivity index (χ4n) is 5.33. The number of amides is 3. The molecule has 2 bridgehead atoms. The number of nitrogens with zero attached hydrogens (tertiary/aromatic N) is 2. The van der Waals surface area contributed by atoms with Gasteiger partial charge in [0.05, 0.1) is 29.0 Å². The second kappa shape index (κ2) is 8.01. The van der Waals surface area contributed by atoms with Gasteiger partial charge >= 0.3 is 0 Å². The van der Waals surface area contributed by atoms with Crippen LogP contribution in [0.2, 0.25) is 5.02 Å². The minimum Gasteiger partial charge on any atom is -0.272 e. The Morgan fingerprint density at radius 3 is 2.06 bits per heavy atom. The third-order valence-corrected chi connectivity index (χ3v) is 10.3. The first-order chi connectivity index (χ1) is 14.9. The molecule has 2 aromatic carbocycles. The zero-order chi connectivity index (χ0) is 21.9. The summed E-state index contributed by atoms with van der Waals surface area (Å²) in [6, 6.07) is 16.0. The van der Waals surface area contributed by atoms with Gasteiger partial charge in [0.15, 0.2) is 0 Å². The Morgan fingerprint density at radius 1 is 0.935 bits per heavy atom. The van der Waals surface area contributed by atoms with Crippen LogP contribution in [-0.4, -0.2) is 37.4 Å².